The van der Waals surface area contributed by atoms with Crippen molar-refractivity contribution in [1.29, 1.82) is 0 Å². The van der Waals surface area contributed by atoms with Crippen LogP contribution in [0.2, 0.25) is 0 Å². The molecule has 0 bridgehead atoms. The highest BCUT2D eigenvalue weighted by atomic mass is 16.3. The van der Waals surface area contributed by atoms with Crippen molar-refractivity contribution in [3.05, 3.63) is 60.3 Å². The van der Waals surface area contributed by atoms with Crippen LogP contribution in [0, 0.1) is 6.92 Å². The Morgan fingerprint density at radius 3 is 2.55 bits per heavy atom. The van der Waals surface area contributed by atoms with E-state index in [0.717, 1.165) is 11.1 Å². The van der Waals surface area contributed by atoms with Gasteiger partial charge in [-0.25, -0.2) is 0 Å². The van der Waals surface area contributed by atoms with E-state index in [2.05, 4.69) is 15.2 Å². The van der Waals surface area contributed by atoms with Crippen molar-refractivity contribution in [2.45, 2.75) is 6.92 Å². The molecule has 3 rings (SSSR count). The first-order valence-electron chi connectivity index (χ1n) is 6.29. The van der Waals surface area contributed by atoms with Crippen LogP contribution in [0.1, 0.15) is 5.56 Å². The summed E-state index contributed by atoms with van der Waals surface area (Å²) in [7, 11) is 0. The largest absolute Gasteiger partial charge is 0.506 e. The molecule has 0 unspecified atom stereocenters. The van der Waals surface area contributed by atoms with E-state index in [1.807, 2.05) is 43.3 Å². The molecule has 3 aromatic rings. The molecule has 0 aliphatic rings. The van der Waals surface area contributed by atoms with Gasteiger partial charge < -0.3 is 5.11 Å². The predicted octanol–water partition coefficient (Wildman–Crippen LogP) is 4.66. The van der Waals surface area contributed by atoms with Crippen molar-refractivity contribution in [1.82, 2.24) is 4.98 Å². The lowest BCUT2D eigenvalue weighted by molar-refractivity contribution is 0.480. The number of hydrogen-bond acceptors (Lipinski definition) is 4. The zero-order chi connectivity index (χ0) is 13.9. The Kier molecular flexibility index (Phi) is 3.13. The maximum atomic E-state index is 9.78. The van der Waals surface area contributed by atoms with Gasteiger partial charge in [0.15, 0.2) is 0 Å². The van der Waals surface area contributed by atoms with E-state index in [1.165, 1.54) is 5.56 Å². The Hall–Kier alpha value is -2.75. The summed E-state index contributed by atoms with van der Waals surface area (Å²) in [6, 6.07) is 14.8. The number of aryl methyl sites for hydroxylation is 1. The van der Waals surface area contributed by atoms with Crippen LogP contribution in [0.3, 0.4) is 0 Å². The van der Waals surface area contributed by atoms with Gasteiger partial charge in [0.2, 0.25) is 0 Å². The topological polar surface area (TPSA) is 57.8 Å². The molecule has 1 heterocycles. The van der Waals surface area contributed by atoms with E-state index in [0.29, 0.717) is 11.2 Å². The van der Waals surface area contributed by atoms with E-state index in [9.17, 15) is 5.11 Å². The Balaban J connectivity index is 2.03. The fourth-order valence-corrected chi connectivity index (χ4v) is 1.95. The van der Waals surface area contributed by atoms with Crippen molar-refractivity contribution in [2.24, 2.45) is 10.2 Å². The first-order valence-corrected chi connectivity index (χ1v) is 6.29. The van der Waals surface area contributed by atoms with Gasteiger partial charge in [-0.2, -0.15) is 5.11 Å². The molecule has 0 saturated carbocycles. The number of aromatic nitrogens is 1. The maximum absolute atomic E-state index is 9.78. The van der Waals surface area contributed by atoms with Crippen molar-refractivity contribution >= 4 is 22.3 Å². The third-order valence-corrected chi connectivity index (χ3v) is 3.03. The Labute approximate surface area is 116 Å². The molecule has 4 heteroatoms. The normalized spacial score (nSPS) is 11.2. The molecule has 98 valence electrons. The number of benzene rings is 2. The highest BCUT2D eigenvalue weighted by molar-refractivity contribution is 5.93. The third-order valence-electron chi connectivity index (χ3n) is 3.03. The Morgan fingerprint density at radius 1 is 0.950 bits per heavy atom. The molecule has 1 aromatic heterocycles. The molecule has 0 atom stereocenters. The second-order valence-corrected chi connectivity index (χ2v) is 4.54. The quantitative estimate of drug-likeness (QED) is 0.683. The summed E-state index contributed by atoms with van der Waals surface area (Å²) in [4.78, 5) is 4.16. The summed E-state index contributed by atoms with van der Waals surface area (Å²) in [6.45, 7) is 2.03. The van der Waals surface area contributed by atoms with Gasteiger partial charge in [0.1, 0.15) is 11.3 Å². The fraction of sp³-hybridized carbons (Fsp3) is 0.0625. The standard InChI is InChI=1S/C16H13N3O/c1-11-4-6-12(7-5-11)18-19-14-8-9-15(20)16-13(14)3-2-10-17-16/h2-10,20H,1H3. The molecular weight excluding hydrogens is 250 g/mol. The zero-order valence-electron chi connectivity index (χ0n) is 11.0. The van der Waals surface area contributed by atoms with Crippen LogP contribution >= 0.6 is 0 Å². The molecule has 20 heavy (non-hydrogen) atoms. The van der Waals surface area contributed by atoms with Gasteiger partial charge in [-0.05, 0) is 43.3 Å². The van der Waals surface area contributed by atoms with Gasteiger partial charge in [-0.15, -0.1) is 5.11 Å². The zero-order valence-corrected chi connectivity index (χ0v) is 11.0. The molecule has 2 aromatic carbocycles. The molecule has 0 aliphatic carbocycles. The minimum atomic E-state index is 0.148. The molecule has 0 amide bonds. The number of rotatable bonds is 2. The van der Waals surface area contributed by atoms with E-state index in [1.54, 1.807) is 18.3 Å². The van der Waals surface area contributed by atoms with E-state index in [4.69, 9.17) is 0 Å². The molecule has 0 saturated heterocycles. The highest BCUT2D eigenvalue weighted by Crippen LogP contribution is 2.31. The van der Waals surface area contributed by atoms with Gasteiger partial charge >= 0.3 is 0 Å². The van der Waals surface area contributed by atoms with Crippen molar-refractivity contribution in [3.63, 3.8) is 0 Å². The smallest absolute Gasteiger partial charge is 0.141 e. The van der Waals surface area contributed by atoms with Gasteiger partial charge in [0.05, 0.1) is 11.4 Å². The van der Waals surface area contributed by atoms with Gasteiger partial charge in [-0.1, -0.05) is 17.7 Å². The monoisotopic (exact) mass is 263 g/mol. The Bertz CT molecular complexity index is 779. The molecule has 1 N–H and O–H groups in total. The second kappa shape index (κ2) is 5.09. The molecular formula is C16H13N3O. The van der Waals surface area contributed by atoms with E-state index < -0.39 is 0 Å². The lowest BCUT2D eigenvalue weighted by Gasteiger charge is -2.02. The van der Waals surface area contributed by atoms with Crippen LogP contribution in [0.25, 0.3) is 10.9 Å². The number of nitrogens with zero attached hydrogens (tertiary/aromatic N) is 3. The highest BCUT2D eigenvalue weighted by Gasteiger charge is 2.05. The summed E-state index contributed by atoms with van der Waals surface area (Å²) in [5.74, 6) is 0.148. The summed E-state index contributed by atoms with van der Waals surface area (Å²) in [6.07, 6.45) is 1.64. The number of azo groups is 1. The van der Waals surface area contributed by atoms with Crippen LogP contribution in [-0.4, -0.2) is 10.1 Å². The number of pyridine rings is 1. The number of phenols is 1. The minimum Gasteiger partial charge on any atom is -0.506 e. The summed E-state index contributed by atoms with van der Waals surface area (Å²) in [5.41, 5.74) is 3.20. The van der Waals surface area contributed by atoms with Gasteiger partial charge in [0.25, 0.3) is 0 Å². The maximum Gasteiger partial charge on any atom is 0.141 e. The fourth-order valence-electron chi connectivity index (χ4n) is 1.95. The molecule has 0 radical (unpaired) electrons. The van der Waals surface area contributed by atoms with Gasteiger partial charge in [0, 0.05) is 11.6 Å². The Morgan fingerprint density at radius 2 is 1.75 bits per heavy atom. The van der Waals surface area contributed by atoms with Gasteiger partial charge in [-0.3, -0.25) is 4.98 Å². The SMILES string of the molecule is Cc1ccc(N=Nc2ccc(O)c3ncccc23)cc1. The second-order valence-electron chi connectivity index (χ2n) is 4.54. The number of hydrogen-bond donors (Lipinski definition) is 1. The van der Waals surface area contributed by atoms with Crippen LogP contribution in [0.15, 0.2) is 65.0 Å². The number of aromatic hydroxyl groups is 1. The summed E-state index contributed by atoms with van der Waals surface area (Å²) < 4.78 is 0. The first-order chi connectivity index (χ1) is 9.74. The van der Waals surface area contributed by atoms with Crippen molar-refractivity contribution in [3.8, 4) is 5.75 Å². The third kappa shape index (κ3) is 2.36. The van der Waals surface area contributed by atoms with Crippen molar-refractivity contribution in [2.75, 3.05) is 0 Å². The van der Waals surface area contributed by atoms with Crippen molar-refractivity contribution < 1.29 is 5.11 Å². The van der Waals surface area contributed by atoms with E-state index >= 15 is 0 Å². The average molecular weight is 263 g/mol. The van der Waals surface area contributed by atoms with E-state index in [-0.39, 0.29) is 5.75 Å². The van der Waals surface area contributed by atoms with Crippen LogP contribution in [-0.2, 0) is 0 Å². The first kappa shape index (κ1) is 12.3. The molecule has 0 aliphatic heterocycles. The molecule has 0 fully saturated rings. The van der Waals surface area contributed by atoms with Crippen LogP contribution in [0.4, 0.5) is 11.4 Å². The van der Waals surface area contributed by atoms with Crippen LogP contribution < -0.4 is 0 Å². The average Bonchev–Trinajstić information content (AvgIpc) is 2.49. The number of fused-ring (bicyclic) bond motifs is 1. The number of phenolic OH excluding ortho intramolecular Hbond substituents is 1. The minimum absolute atomic E-state index is 0.148. The lowest BCUT2D eigenvalue weighted by atomic mass is 10.2. The lowest BCUT2D eigenvalue weighted by Crippen LogP contribution is -1.79. The summed E-state index contributed by atoms with van der Waals surface area (Å²) in [5, 5.41) is 19.0. The molecule has 0 spiro atoms. The van der Waals surface area contributed by atoms with Crippen LogP contribution in [0.5, 0.6) is 5.75 Å². The predicted molar refractivity (Wildman–Crippen MR) is 78.8 cm³/mol. The summed E-state index contributed by atoms with van der Waals surface area (Å²) >= 11 is 0. The molecule has 4 nitrogen and oxygen atoms in total.